The number of carbonyl (C=O) groups is 1. The first-order valence-corrected chi connectivity index (χ1v) is 47.2. The zero-order valence-corrected chi connectivity index (χ0v) is 84.3. The summed E-state index contributed by atoms with van der Waals surface area (Å²) in [5.41, 5.74) is 3.48. The van der Waals surface area contributed by atoms with E-state index in [0.29, 0.717) is 85.9 Å². The van der Waals surface area contributed by atoms with Gasteiger partial charge in [0.05, 0.1) is 122 Å². The number of halogens is 4. The SMILES string of the molecule is CN(C)C(C)(F)F.C[C@H]1C2O[C@H](c3ccccc3)OC[C@H]2OC[C@@H]1O.C[C@H]1CO[C@@H]2CO[C@@H](c3ccccc3)OC2C1=O.C[C@H]1CO[C@@H]2CO[C@@H](c3ccccc3)OC2[C@@H]1O.C[C@H]1CO[C@@H]2CO[C@@H](c3ccccc3)OC2[C@@]1(C)F.C[C@H]1CO[C@@H]2CO[C@@H](c3ccccc3)OC2[C@@]1(C)O.C[C@H]1CO[C@@H]2CO[C@@H](c3ccccc3)OC2[C@]1(C)O.O[C@H]1CO[C@@H]2CO[C@@H](c3ccccc3)OC2[C@@H]1O.[Br-].[CH3-].[Mg+2]. The van der Waals surface area contributed by atoms with E-state index in [1.165, 1.54) is 14.1 Å². The second-order valence-electron chi connectivity index (χ2n) is 38.0. The van der Waals surface area contributed by atoms with Gasteiger partial charge in [0.1, 0.15) is 97.2 Å². The number of aliphatic hydroxyl groups excluding tert-OH is 4. The van der Waals surface area contributed by atoms with Gasteiger partial charge in [-0.1, -0.05) is 254 Å². The summed E-state index contributed by atoms with van der Waals surface area (Å²) >= 11 is 0. The number of alkyl halides is 3. The van der Waals surface area contributed by atoms with Gasteiger partial charge in [-0.05, 0) is 34.9 Å². The Bertz CT molecular complexity index is 4320. The maximum absolute atomic E-state index is 14.8. The third kappa shape index (κ3) is 28.9. The Kier molecular flexibility index (Phi) is 42.8. The van der Waals surface area contributed by atoms with E-state index < -0.39 is 103 Å². The van der Waals surface area contributed by atoms with Gasteiger partial charge in [-0.3, -0.25) is 9.69 Å². The number of benzene rings is 7. The Balaban J connectivity index is 0.000000153. The molecule has 0 aliphatic carbocycles. The van der Waals surface area contributed by atoms with Gasteiger partial charge in [-0.25, -0.2) is 4.39 Å². The smallest absolute Gasteiger partial charge is 1.00 e. The Morgan fingerprint density at radius 3 is 0.942 bits per heavy atom. The van der Waals surface area contributed by atoms with E-state index in [-0.39, 0.29) is 169 Å². The van der Waals surface area contributed by atoms with Gasteiger partial charge < -0.3 is 155 Å². The molecule has 0 radical (unpaired) electrons. The molecule has 34 heteroatoms. The van der Waals surface area contributed by atoms with Crippen molar-refractivity contribution in [2.24, 2.45) is 35.5 Å². The molecule has 7 aromatic rings. The fraction of sp³-hybridized carbons (Fsp3) is 0.581. The molecule has 34 atom stereocenters. The number of nitrogens with zero attached hydrogens (tertiary/aromatic N) is 1. The second-order valence-corrected chi connectivity index (χ2v) is 38.0. The van der Waals surface area contributed by atoms with Crippen molar-refractivity contribution >= 4 is 28.8 Å². The van der Waals surface area contributed by atoms with E-state index in [1.807, 2.05) is 268 Å². The van der Waals surface area contributed by atoms with E-state index in [4.69, 9.17) is 99.5 Å². The molecule has 0 spiro atoms. The molecule has 14 heterocycles. The van der Waals surface area contributed by atoms with Crippen LogP contribution in [0.15, 0.2) is 212 Å². The van der Waals surface area contributed by atoms with E-state index >= 15 is 0 Å². The quantitative estimate of drug-likeness (QED) is 0.0468. The van der Waals surface area contributed by atoms with Crippen LogP contribution in [0.4, 0.5) is 13.2 Å². The van der Waals surface area contributed by atoms with Gasteiger partial charge in [0.2, 0.25) is 0 Å². The third-order valence-corrected chi connectivity index (χ3v) is 27.5. The number of hydrogen-bond acceptors (Lipinski definition) is 29. The van der Waals surface area contributed by atoms with E-state index in [2.05, 4.69) is 0 Å². The van der Waals surface area contributed by atoms with Crippen LogP contribution < -0.4 is 17.0 Å². The van der Waals surface area contributed by atoms with Crippen molar-refractivity contribution in [3.05, 3.63) is 259 Å². The summed E-state index contributed by atoms with van der Waals surface area (Å²) in [4.78, 5) is 12.9. The van der Waals surface area contributed by atoms with E-state index in [0.717, 1.165) is 50.8 Å². The number of rotatable bonds is 8. The van der Waals surface area contributed by atoms with Crippen LogP contribution >= 0.6 is 0 Å². The summed E-state index contributed by atoms with van der Waals surface area (Å²) in [6.07, 6.45) is -10.1. The zero-order chi connectivity index (χ0) is 96.6. The van der Waals surface area contributed by atoms with E-state index in [1.54, 1.807) is 6.92 Å². The average Bonchev–Trinajstić information content (AvgIpc) is 0.769. The number of carbonyl (C=O) groups excluding carboxylic acids is 1. The average molecular weight is 2020 g/mol. The van der Waals surface area contributed by atoms with Crippen LogP contribution in [0, 0.1) is 42.9 Å². The molecular weight excluding hydrogens is 1880 g/mol. The summed E-state index contributed by atoms with van der Waals surface area (Å²) in [5.74, 6) is 0.103. The zero-order valence-electron chi connectivity index (χ0n) is 81.3. The first-order chi connectivity index (χ1) is 65.2. The van der Waals surface area contributed by atoms with Gasteiger partial charge in [-0.2, -0.15) is 8.78 Å². The van der Waals surface area contributed by atoms with Crippen LogP contribution in [-0.4, -0.2) is 304 Å². The molecule has 14 fully saturated rings. The number of Topliss-reactive ketones (excluding diaryl/α,β-unsaturated/α-hetero) is 1. The Morgan fingerprint density at radius 2 is 0.590 bits per heavy atom. The maximum atomic E-state index is 14.8. The Morgan fingerprint density at radius 1 is 0.331 bits per heavy atom. The number of ether oxygens (including phenoxy) is 21. The molecule has 0 aromatic heterocycles. The van der Waals surface area contributed by atoms with Crippen LogP contribution in [0.1, 0.15) is 152 Å². The topological polar surface area (TPSA) is 336 Å². The summed E-state index contributed by atoms with van der Waals surface area (Å²) in [7, 11) is 2.67. The molecule has 6 N–H and O–H groups in total. The normalized spacial score (nSPS) is 38.5. The van der Waals surface area contributed by atoms with Gasteiger partial charge >= 0.3 is 29.1 Å². The van der Waals surface area contributed by atoms with E-state index in [9.17, 15) is 48.6 Å². The van der Waals surface area contributed by atoms with Crippen LogP contribution in [0.25, 0.3) is 0 Å². The molecule has 14 saturated heterocycles. The minimum atomic E-state index is -2.67. The predicted octanol–water partition coefficient (Wildman–Crippen LogP) is 9.79. The van der Waals surface area contributed by atoms with Crippen molar-refractivity contribution in [2.45, 2.75) is 246 Å². The van der Waals surface area contributed by atoms with Crippen LogP contribution in [0.3, 0.4) is 0 Å². The monoisotopic (exact) mass is 2020 g/mol. The number of hydrogen-bond donors (Lipinski definition) is 6. The van der Waals surface area contributed by atoms with Gasteiger partial charge in [0, 0.05) is 81.4 Å². The Hall–Kier alpha value is -5.87. The third-order valence-electron chi connectivity index (χ3n) is 27.5. The molecule has 0 amide bonds. The largest absolute Gasteiger partial charge is 2.00 e. The van der Waals surface area contributed by atoms with Gasteiger partial charge in [0.25, 0.3) is 0 Å². The molecule has 21 rings (SSSR count). The van der Waals surface area contributed by atoms with Crippen molar-refractivity contribution in [3.63, 3.8) is 0 Å². The summed E-state index contributed by atoms with van der Waals surface area (Å²) < 4.78 is 158. The number of fused-ring (bicyclic) bond motifs is 7. The molecule has 7 unspecified atom stereocenters. The first-order valence-electron chi connectivity index (χ1n) is 47.2. The molecule has 14 aliphatic rings. The number of aliphatic hydroxyl groups is 6. The van der Waals surface area contributed by atoms with Crippen LogP contribution in [0.5, 0.6) is 0 Å². The van der Waals surface area contributed by atoms with Crippen LogP contribution in [-0.2, 0) is 104 Å². The number of ketones is 1. The molecule has 7 aromatic carbocycles. The van der Waals surface area contributed by atoms with Crippen molar-refractivity contribution < 1.29 is 165 Å². The minimum absolute atomic E-state index is 0. The molecule has 14 aliphatic heterocycles. The molecule has 139 heavy (non-hydrogen) atoms. The standard InChI is InChI=1S/C15H19FO3.2C15H20O4.2C14H18O4.C14H16O4.C13H16O5.C4H9F2N.CH3.BrH.Mg/c3*1-10-8-17-12-9-18-14(11-6-4-3-5-7-11)19-13(12)15(10,2)16;1-9-11(15)7-16-12-8-17-14(18-13(9)12)10-5-3-2-4-6-10;2*1-9-7-16-11-8-17-14(18-13(11)12(9)15)10-5-3-2-4-6-10;14-9-6-16-10-7-17-13(18-12(10)11(9)15)8-4-2-1-3-5-8;1-4(5,6)7(2)3;;;/h3-7,10,12-14H,8-9H2,1-2H3;2*3-7,10,12-14,16H,8-9H2,1-2H3;2*2-6,9,11-15H,7-8H2,1H3;2-6,9,11,13-14H,7-8H2,1H3;1-5,9-15H,6-7H2;1-3H3;1H3;1H;/q;;;;;;;;-1;;+2/p-1/t10-,12+,13?,14+,15-;10-,12+,13?,14+,15+;10-,12+,13?,14+,15-;9-,11+,12-,13?,14-;9-,11+,12+,13?,14+;9-,11+,13?,14+;9-,10+,11+,12?,13+;;;;/m0001000..../s1. The van der Waals surface area contributed by atoms with Crippen molar-refractivity contribution in [1.29, 1.82) is 0 Å². The van der Waals surface area contributed by atoms with Crippen molar-refractivity contribution in [2.75, 3.05) is 107 Å². The Labute approximate surface area is 840 Å². The van der Waals surface area contributed by atoms with Gasteiger partial charge in [0.15, 0.2) is 49.8 Å². The fourth-order valence-electron chi connectivity index (χ4n) is 17.7. The summed E-state index contributed by atoms with van der Waals surface area (Å²) in [6, 6.07) is 65.3. The summed E-state index contributed by atoms with van der Waals surface area (Å²) in [5, 5.41) is 60.8. The molecule has 0 saturated carbocycles. The maximum Gasteiger partial charge on any atom is 2.00 e. The van der Waals surface area contributed by atoms with Crippen LogP contribution in [0.2, 0.25) is 0 Å². The van der Waals surface area contributed by atoms with Crippen molar-refractivity contribution in [3.8, 4) is 0 Å². The molecule has 0 bridgehead atoms. The fourth-order valence-corrected chi connectivity index (χ4v) is 17.7. The first kappa shape index (κ1) is 113. The predicted molar refractivity (Wildman–Crippen MR) is 499 cm³/mol. The molecule has 29 nitrogen and oxygen atoms in total. The van der Waals surface area contributed by atoms with Gasteiger partial charge in [-0.15, -0.1) is 0 Å². The second kappa shape index (κ2) is 52.4. The molecule has 762 valence electrons. The summed E-state index contributed by atoms with van der Waals surface area (Å²) in [6.45, 7) is 23.8. The molecular formula is C105H139BrF3MgNO28. The van der Waals surface area contributed by atoms with Crippen molar-refractivity contribution in [1.82, 2.24) is 4.90 Å². The minimum Gasteiger partial charge on any atom is -1.00 e.